The normalized spacial score (nSPS) is 10.2. The van der Waals surface area contributed by atoms with Crippen LogP contribution in [-0.4, -0.2) is 23.1 Å². The lowest BCUT2D eigenvalue weighted by atomic mass is 10.1. The monoisotopic (exact) mass is 313 g/mol. The van der Waals surface area contributed by atoms with Crippen LogP contribution in [0, 0.1) is 17.0 Å². The summed E-state index contributed by atoms with van der Waals surface area (Å²) < 4.78 is 5.41. The fraction of sp³-hybridized carbons (Fsp3) is 0.429. The van der Waals surface area contributed by atoms with Crippen LogP contribution in [0.2, 0.25) is 0 Å². The average Bonchev–Trinajstić information content (AvgIpc) is 2.41. The number of carbonyl (C=O) groups excluding carboxylic acids is 2. The Balaban J connectivity index is 2.65. The first kappa shape index (κ1) is 17.1. The molecule has 0 radical (unpaired) electrons. The van der Waals surface area contributed by atoms with Crippen molar-refractivity contribution in [2.75, 3.05) is 6.61 Å². The predicted octanol–water partition coefficient (Wildman–Crippen LogP) is 3.42. The van der Waals surface area contributed by atoms with E-state index in [0.29, 0.717) is 31.1 Å². The summed E-state index contributed by atoms with van der Waals surface area (Å²) in [6, 6.07) is 2.98. The summed E-state index contributed by atoms with van der Waals surface area (Å²) >= 11 is 5.21. The van der Waals surface area contributed by atoms with Crippen molar-refractivity contribution in [1.82, 2.24) is 0 Å². The lowest BCUT2D eigenvalue weighted by Gasteiger charge is -2.09. The summed E-state index contributed by atoms with van der Waals surface area (Å²) in [7, 11) is 0. The third kappa shape index (κ3) is 5.51. The molecule has 1 aromatic carbocycles. The molecule has 0 N–H and O–H groups in total. The van der Waals surface area contributed by atoms with Gasteiger partial charge in [-0.25, -0.2) is 0 Å². The van der Waals surface area contributed by atoms with Crippen molar-refractivity contribution in [3.63, 3.8) is 0 Å². The molecule has 114 valence electrons. The molecule has 1 aromatic rings. The zero-order chi connectivity index (χ0) is 15.8. The van der Waals surface area contributed by atoms with E-state index >= 15 is 0 Å². The second-order valence-electron chi connectivity index (χ2n) is 4.59. The number of carbonyl (C=O) groups is 2. The van der Waals surface area contributed by atoms with Crippen molar-refractivity contribution >= 4 is 28.8 Å². The molecule has 0 aliphatic heterocycles. The number of hydrogen-bond donors (Lipinski definition) is 0. The van der Waals surface area contributed by atoms with Gasteiger partial charge in [-0.2, -0.15) is 0 Å². The van der Waals surface area contributed by atoms with Gasteiger partial charge in [0, 0.05) is 6.42 Å². The van der Waals surface area contributed by atoms with Crippen molar-refractivity contribution in [2.24, 2.45) is 0 Å². The highest BCUT2D eigenvalue weighted by Gasteiger charge is 2.21. The molecule has 0 bridgehead atoms. The predicted molar refractivity (Wildman–Crippen MR) is 78.0 cm³/mol. The Morgan fingerprint density at radius 1 is 1.38 bits per heavy atom. The molecule has 0 aliphatic carbocycles. The number of benzene rings is 1. The number of nitrogens with zero attached hydrogens (tertiary/aromatic N) is 1. The van der Waals surface area contributed by atoms with Gasteiger partial charge < -0.3 is 4.74 Å². The maximum Gasteiger partial charge on any atom is 0.321 e. The van der Waals surface area contributed by atoms with Crippen LogP contribution in [0.25, 0.3) is 0 Å². The first-order chi connectivity index (χ1) is 9.95. The van der Waals surface area contributed by atoms with Crippen LogP contribution < -0.4 is 4.74 Å². The molecule has 0 heterocycles. The molecule has 6 nitrogen and oxygen atoms in total. The smallest absolute Gasteiger partial charge is 0.321 e. The van der Waals surface area contributed by atoms with Crippen molar-refractivity contribution in [3.05, 3.63) is 33.4 Å². The van der Waals surface area contributed by atoms with Crippen LogP contribution in [0.5, 0.6) is 5.75 Å². The van der Waals surface area contributed by atoms with Gasteiger partial charge in [-0.1, -0.05) is 0 Å². The van der Waals surface area contributed by atoms with Gasteiger partial charge in [-0.05, 0) is 55.5 Å². The van der Waals surface area contributed by atoms with E-state index in [4.69, 9.17) is 16.3 Å². The van der Waals surface area contributed by atoms with E-state index in [9.17, 15) is 19.7 Å². The Kier molecular flexibility index (Phi) is 6.81. The molecule has 0 saturated carbocycles. The lowest BCUT2D eigenvalue weighted by molar-refractivity contribution is -0.386. The highest BCUT2D eigenvalue weighted by molar-refractivity contribution is 6.63. The molecule has 0 spiro atoms. The summed E-state index contributed by atoms with van der Waals surface area (Å²) in [5.41, 5.74) is 0.403. The van der Waals surface area contributed by atoms with E-state index in [1.165, 1.54) is 12.1 Å². The topological polar surface area (TPSA) is 86.5 Å². The molecule has 0 amide bonds. The first-order valence-corrected chi connectivity index (χ1v) is 6.89. The summed E-state index contributed by atoms with van der Waals surface area (Å²) in [6.07, 6.45) is 2.79. The van der Waals surface area contributed by atoms with E-state index in [0.717, 1.165) is 6.42 Å². The average molecular weight is 314 g/mol. The maximum absolute atomic E-state index is 11.0. The molecular formula is C14H16ClNO5. The van der Waals surface area contributed by atoms with Gasteiger partial charge in [0.15, 0.2) is 12.0 Å². The SMILES string of the molecule is Cc1cc(C=O)c([N+](=O)[O-])c(OCCCCCC(=O)Cl)c1. The molecule has 0 aromatic heterocycles. The molecule has 0 atom stereocenters. The highest BCUT2D eigenvalue weighted by atomic mass is 35.5. The Morgan fingerprint density at radius 2 is 2.10 bits per heavy atom. The standard InChI is InChI=1S/C14H16ClNO5/c1-10-7-11(9-17)14(16(19)20)12(8-10)21-6-4-2-3-5-13(15)18/h7-9H,2-6H2,1H3. The van der Waals surface area contributed by atoms with Gasteiger partial charge in [-0.15, -0.1) is 0 Å². The Hall–Kier alpha value is -1.95. The molecule has 0 unspecified atom stereocenters. The second-order valence-corrected chi connectivity index (χ2v) is 5.01. The number of hydrogen-bond acceptors (Lipinski definition) is 5. The third-order valence-electron chi connectivity index (χ3n) is 2.83. The van der Waals surface area contributed by atoms with E-state index in [1.807, 2.05) is 0 Å². The van der Waals surface area contributed by atoms with Crippen molar-refractivity contribution < 1.29 is 19.2 Å². The maximum atomic E-state index is 11.0. The number of rotatable bonds is 9. The van der Waals surface area contributed by atoms with Crippen LogP contribution in [-0.2, 0) is 4.79 Å². The minimum absolute atomic E-state index is 0.00253. The minimum Gasteiger partial charge on any atom is -0.487 e. The molecule has 0 aliphatic rings. The Bertz CT molecular complexity index is 544. The van der Waals surface area contributed by atoms with E-state index in [-0.39, 0.29) is 28.8 Å². The van der Waals surface area contributed by atoms with Crippen molar-refractivity contribution in [1.29, 1.82) is 0 Å². The molecule has 21 heavy (non-hydrogen) atoms. The van der Waals surface area contributed by atoms with E-state index < -0.39 is 4.92 Å². The molecule has 1 rings (SSSR count). The molecule has 0 fully saturated rings. The summed E-state index contributed by atoms with van der Waals surface area (Å²) in [6.45, 7) is 2.01. The van der Waals surface area contributed by atoms with Gasteiger partial charge in [0.05, 0.1) is 17.1 Å². The zero-order valence-corrected chi connectivity index (χ0v) is 12.4. The summed E-state index contributed by atoms with van der Waals surface area (Å²) in [5, 5.41) is 10.7. The van der Waals surface area contributed by atoms with Crippen LogP contribution in [0.15, 0.2) is 12.1 Å². The van der Waals surface area contributed by atoms with Crippen LogP contribution >= 0.6 is 11.6 Å². The summed E-state index contributed by atoms with van der Waals surface area (Å²) in [5.74, 6) is 0.0931. The van der Waals surface area contributed by atoms with Crippen molar-refractivity contribution in [2.45, 2.75) is 32.6 Å². The quantitative estimate of drug-likeness (QED) is 0.229. The number of nitro groups is 1. The third-order valence-corrected chi connectivity index (χ3v) is 3.02. The van der Waals surface area contributed by atoms with E-state index in [2.05, 4.69) is 0 Å². The van der Waals surface area contributed by atoms with Gasteiger partial charge in [0.25, 0.3) is 0 Å². The number of ether oxygens (including phenoxy) is 1. The number of aldehydes is 1. The minimum atomic E-state index is -0.620. The van der Waals surface area contributed by atoms with Crippen molar-refractivity contribution in [3.8, 4) is 5.75 Å². The first-order valence-electron chi connectivity index (χ1n) is 6.51. The van der Waals surface area contributed by atoms with Gasteiger partial charge in [0.2, 0.25) is 5.24 Å². The number of unbranched alkanes of at least 4 members (excludes halogenated alkanes) is 2. The fourth-order valence-corrected chi connectivity index (χ4v) is 2.03. The van der Waals surface area contributed by atoms with E-state index in [1.54, 1.807) is 6.92 Å². The molecular weight excluding hydrogens is 298 g/mol. The highest BCUT2D eigenvalue weighted by Crippen LogP contribution is 2.31. The van der Waals surface area contributed by atoms with Gasteiger partial charge in [0.1, 0.15) is 0 Å². The lowest BCUT2D eigenvalue weighted by Crippen LogP contribution is -2.04. The number of halogens is 1. The Morgan fingerprint density at radius 3 is 2.67 bits per heavy atom. The second kappa shape index (κ2) is 8.36. The fourth-order valence-electron chi connectivity index (χ4n) is 1.89. The molecule has 7 heteroatoms. The number of aryl methyl sites for hydroxylation is 1. The molecule has 0 saturated heterocycles. The van der Waals surface area contributed by atoms with Crippen LogP contribution in [0.1, 0.15) is 41.6 Å². The number of nitro benzene ring substituents is 1. The summed E-state index contributed by atoms with van der Waals surface area (Å²) in [4.78, 5) is 31.9. The largest absolute Gasteiger partial charge is 0.487 e. The van der Waals surface area contributed by atoms with Crippen LogP contribution in [0.4, 0.5) is 5.69 Å². The van der Waals surface area contributed by atoms with Gasteiger partial charge in [-0.3, -0.25) is 19.7 Å². The van der Waals surface area contributed by atoms with Crippen LogP contribution in [0.3, 0.4) is 0 Å². The zero-order valence-electron chi connectivity index (χ0n) is 11.6. The van der Waals surface area contributed by atoms with Gasteiger partial charge >= 0.3 is 5.69 Å². The Labute approximate surface area is 127 Å².